The average Bonchev–Trinajstić information content (AvgIpc) is 1.85. The van der Waals surface area contributed by atoms with Gasteiger partial charge < -0.3 is 5.32 Å². The smallest absolute Gasteiger partial charge is 0.207 e. The quantitative estimate of drug-likeness (QED) is 0.621. The summed E-state index contributed by atoms with van der Waals surface area (Å²) in [7, 11) is 0. The minimum Gasteiger partial charge on any atom is -0.355 e. The first-order chi connectivity index (χ1) is 5.02. The molecule has 0 fully saturated rings. The van der Waals surface area contributed by atoms with E-state index in [1.54, 1.807) is 0 Å². The highest BCUT2D eigenvalue weighted by Gasteiger charge is 2.22. The van der Waals surface area contributed by atoms with Crippen LogP contribution in [0.2, 0.25) is 0 Å². The largest absolute Gasteiger partial charge is 0.355 e. The fourth-order valence-corrected chi connectivity index (χ4v) is 1.14. The Morgan fingerprint density at radius 2 is 2.00 bits per heavy atom. The van der Waals surface area contributed by atoms with Gasteiger partial charge in [0, 0.05) is 6.04 Å². The maximum atomic E-state index is 10.2. The highest BCUT2D eigenvalue weighted by atomic mass is 16.1. The number of hydrogen-bond donors (Lipinski definition) is 1. The summed E-state index contributed by atoms with van der Waals surface area (Å²) in [4.78, 5) is 10.2. The lowest BCUT2D eigenvalue weighted by molar-refractivity contribution is -0.110. The Labute approximate surface area is 69.4 Å². The van der Waals surface area contributed by atoms with Crippen molar-refractivity contribution in [3.8, 4) is 0 Å². The van der Waals surface area contributed by atoms with E-state index in [4.69, 9.17) is 0 Å². The second-order valence-corrected chi connectivity index (χ2v) is 3.99. The third-order valence-corrected chi connectivity index (χ3v) is 1.89. The molecule has 2 nitrogen and oxygen atoms in total. The van der Waals surface area contributed by atoms with Gasteiger partial charge in [-0.3, -0.25) is 4.79 Å². The molecule has 1 N–H and O–H groups in total. The Morgan fingerprint density at radius 3 is 2.27 bits per heavy atom. The molecule has 0 radical (unpaired) electrons. The first-order valence-electron chi connectivity index (χ1n) is 4.22. The topological polar surface area (TPSA) is 29.1 Å². The van der Waals surface area contributed by atoms with Gasteiger partial charge in [-0.25, -0.2) is 0 Å². The van der Waals surface area contributed by atoms with Gasteiger partial charge in [0.15, 0.2) is 0 Å². The number of hydrogen-bond acceptors (Lipinski definition) is 1. The summed E-state index contributed by atoms with van der Waals surface area (Å²) in [6.07, 6.45) is 2.97. The molecule has 2 heteroatoms. The van der Waals surface area contributed by atoms with Gasteiger partial charge in [0.05, 0.1) is 0 Å². The van der Waals surface area contributed by atoms with Crippen LogP contribution in [0, 0.1) is 5.41 Å². The van der Waals surface area contributed by atoms with E-state index in [1.165, 1.54) is 0 Å². The normalized spacial score (nSPS) is 14.2. The zero-order chi connectivity index (χ0) is 8.91. The van der Waals surface area contributed by atoms with Crippen LogP contribution in [-0.4, -0.2) is 12.5 Å². The van der Waals surface area contributed by atoms with E-state index in [2.05, 4.69) is 33.0 Å². The van der Waals surface area contributed by atoms with E-state index >= 15 is 0 Å². The molecule has 0 rings (SSSR count). The Kier molecular flexibility index (Phi) is 4.16. The van der Waals surface area contributed by atoms with Gasteiger partial charge in [0.1, 0.15) is 0 Å². The summed E-state index contributed by atoms with van der Waals surface area (Å²) in [5, 5.41) is 2.84. The molecule has 1 atom stereocenters. The SMILES string of the molecule is CCCC(NC=O)C(C)(C)C. The number of carbonyl (C=O) groups is 1. The lowest BCUT2D eigenvalue weighted by atomic mass is 9.84. The first-order valence-corrected chi connectivity index (χ1v) is 4.22. The van der Waals surface area contributed by atoms with Crippen LogP contribution in [0.15, 0.2) is 0 Å². The van der Waals surface area contributed by atoms with E-state index < -0.39 is 0 Å². The van der Waals surface area contributed by atoms with E-state index in [0.717, 1.165) is 19.3 Å². The number of nitrogens with one attached hydrogen (secondary N) is 1. The van der Waals surface area contributed by atoms with Crippen molar-refractivity contribution in [1.29, 1.82) is 0 Å². The van der Waals surface area contributed by atoms with Gasteiger partial charge in [-0.1, -0.05) is 34.1 Å². The number of amides is 1. The molecule has 0 heterocycles. The predicted molar refractivity (Wildman–Crippen MR) is 47.4 cm³/mol. The fourth-order valence-electron chi connectivity index (χ4n) is 1.14. The van der Waals surface area contributed by atoms with Gasteiger partial charge in [0.25, 0.3) is 0 Å². The molecule has 0 bridgehead atoms. The summed E-state index contributed by atoms with van der Waals surface area (Å²) < 4.78 is 0. The van der Waals surface area contributed by atoms with Crippen LogP contribution in [0.3, 0.4) is 0 Å². The summed E-state index contributed by atoms with van der Waals surface area (Å²) in [6, 6.07) is 0.310. The van der Waals surface area contributed by atoms with Crippen LogP contribution >= 0.6 is 0 Å². The van der Waals surface area contributed by atoms with Crippen molar-refractivity contribution in [3.05, 3.63) is 0 Å². The summed E-state index contributed by atoms with van der Waals surface area (Å²) in [5.41, 5.74) is 0.178. The lowest BCUT2D eigenvalue weighted by Gasteiger charge is -2.29. The van der Waals surface area contributed by atoms with Gasteiger partial charge in [-0.2, -0.15) is 0 Å². The molecular formula is C9H19NO. The minimum absolute atomic E-state index is 0.178. The Hall–Kier alpha value is -0.530. The zero-order valence-corrected chi connectivity index (χ0v) is 7.98. The lowest BCUT2D eigenvalue weighted by Crippen LogP contribution is -2.39. The summed E-state index contributed by atoms with van der Waals surface area (Å²) >= 11 is 0. The standard InChI is InChI=1S/C9H19NO/c1-5-6-8(10-7-11)9(2,3)4/h7-8H,5-6H2,1-4H3,(H,10,11). The highest BCUT2D eigenvalue weighted by molar-refractivity contribution is 5.46. The molecule has 0 aliphatic rings. The van der Waals surface area contributed by atoms with Crippen LogP contribution < -0.4 is 5.32 Å². The molecule has 0 aliphatic heterocycles. The maximum absolute atomic E-state index is 10.2. The first kappa shape index (κ1) is 10.5. The Balaban J connectivity index is 3.97. The van der Waals surface area contributed by atoms with E-state index in [0.29, 0.717) is 6.04 Å². The molecule has 0 aromatic heterocycles. The third kappa shape index (κ3) is 4.02. The number of rotatable bonds is 4. The average molecular weight is 157 g/mol. The molecule has 1 amide bonds. The van der Waals surface area contributed by atoms with Crippen molar-refractivity contribution in [2.45, 2.75) is 46.6 Å². The molecule has 0 aromatic rings. The second-order valence-electron chi connectivity index (χ2n) is 3.99. The zero-order valence-electron chi connectivity index (χ0n) is 7.98. The van der Waals surface area contributed by atoms with Crippen molar-refractivity contribution < 1.29 is 4.79 Å². The van der Waals surface area contributed by atoms with Crippen molar-refractivity contribution >= 4 is 6.41 Å². The molecule has 11 heavy (non-hydrogen) atoms. The van der Waals surface area contributed by atoms with Gasteiger partial charge in [0.2, 0.25) is 6.41 Å². The molecule has 0 spiro atoms. The fraction of sp³-hybridized carbons (Fsp3) is 0.889. The second kappa shape index (κ2) is 4.37. The van der Waals surface area contributed by atoms with Crippen molar-refractivity contribution in [2.24, 2.45) is 5.41 Å². The molecule has 0 saturated carbocycles. The molecule has 0 aliphatic carbocycles. The van der Waals surface area contributed by atoms with E-state index in [-0.39, 0.29) is 5.41 Å². The van der Waals surface area contributed by atoms with Gasteiger partial charge in [-0.15, -0.1) is 0 Å². The summed E-state index contributed by atoms with van der Waals surface area (Å²) in [5.74, 6) is 0. The molecule has 0 aromatic carbocycles. The van der Waals surface area contributed by atoms with Gasteiger partial charge >= 0.3 is 0 Å². The maximum Gasteiger partial charge on any atom is 0.207 e. The summed E-state index contributed by atoms with van der Waals surface area (Å²) in [6.45, 7) is 8.56. The van der Waals surface area contributed by atoms with Crippen molar-refractivity contribution in [3.63, 3.8) is 0 Å². The minimum atomic E-state index is 0.178. The highest BCUT2D eigenvalue weighted by Crippen LogP contribution is 2.22. The Morgan fingerprint density at radius 1 is 1.45 bits per heavy atom. The Bertz CT molecular complexity index is 115. The van der Waals surface area contributed by atoms with Crippen LogP contribution in [0.4, 0.5) is 0 Å². The molecular weight excluding hydrogens is 138 g/mol. The molecule has 0 saturated heterocycles. The molecule has 66 valence electrons. The monoisotopic (exact) mass is 157 g/mol. The van der Waals surface area contributed by atoms with E-state index in [1.807, 2.05) is 0 Å². The van der Waals surface area contributed by atoms with Crippen molar-refractivity contribution in [2.75, 3.05) is 0 Å². The van der Waals surface area contributed by atoms with Crippen LogP contribution in [0.5, 0.6) is 0 Å². The third-order valence-electron chi connectivity index (χ3n) is 1.89. The van der Waals surface area contributed by atoms with Crippen molar-refractivity contribution in [1.82, 2.24) is 5.32 Å². The molecule has 1 unspecified atom stereocenters. The van der Waals surface area contributed by atoms with Crippen LogP contribution in [0.1, 0.15) is 40.5 Å². The van der Waals surface area contributed by atoms with Crippen LogP contribution in [0.25, 0.3) is 0 Å². The predicted octanol–water partition coefficient (Wildman–Crippen LogP) is 1.95. The van der Waals surface area contributed by atoms with Crippen LogP contribution in [-0.2, 0) is 4.79 Å². The van der Waals surface area contributed by atoms with Gasteiger partial charge in [-0.05, 0) is 11.8 Å². The number of carbonyl (C=O) groups excluding carboxylic acids is 1. The van der Waals surface area contributed by atoms with E-state index in [9.17, 15) is 4.79 Å².